The summed E-state index contributed by atoms with van der Waals surface area (Å²) in [6.07, 6.45) is 0. The van der Waals surface area contributed by atoms with Crippen LogP contribution in [-0.2, 0) is 0 Å². The van der Waals surface area contributed by atoms with Gasteiger partial charge in [0.15, 0.2) is 0 Å². The molecule has 0 saturated carbocycles. The maximum Gasteiger partial charge on any atom is 0.0980 e. The van der Waals surface area contributed by atoms with Crippen LogP contribution in [0, 0.1) is 0 Å². The molecule has 0 atom stereocenters. The normalized spacial score (nSPS) is 11.7. The molecule has 0 spiro atoms. The number of hydrogen-bond acceptors (Lipinski definition) is 3. The van der Waals surface area contributed by atoms with Gasteiger partial charge in [0.25, 0.3) is 0 Å². The average Bonchev–Trinajstić information content (AvgIpc) is 3.57. The summed E-state index contributed by atoms with van der Waals surface area (Å²) in [5.41, 5.74) is 10.5. The fraction of sp³-hybridized carbons (Fsp3) is 0. The third kappa shape index (κ3) is 4.55. The van der Waals surface area contributed by atoms with Crippen molar-refractivity contribution in [3.63, 3.8) is 0 Å². The standard InChI is InChI=1S/C46H28N2S/c1-3-13-29(14-4-1)42-43(30-15-5-2-6-16-30)48-45-40-28-32(25-26-36(40)35-19-7-8-21-38(35)44(45)47-42)31-17-11-18-33(27-31)34-22-12-23-39-37-20-9-10-24-41(37)49-46(34)39/h1-28H. The lowest BCUT2D eigenvalue weighted by Gasteiger charge is -2.15. The topological polar surface area (TPSA) is 25.8 Å². The van der Waals surface area contributed by atoms with Gasteiger partial charge in [0, 0.05) is 42.1 Å². The molecular weight excluding hydrogens is 613 g/mol. The number of aromatic nitrogens is 2. The molecule has 0 amide bonds. The zero-order chi connectivity index (χ0) is 32.3. The van der Waals surface area contributed by atoms with Crippen LogP contribution in [0.3, 0.4) is 0 Å². The van der Waals surface area contributed by atoms with E-state index < -0.39 is 0 Å². The van der Waals surface area contributed by atoms with E-state index >= 15 is 0 Å². The Hall–Kier alpha value is -6.16. The highest BCUT2D eigenvalue weighted by atomic mass is 32.1. The zero-order valence-corrected chi connectivity index (χ0v) is 27.3. The van der Waals surface area contributed by atoms with Crippen molar-refractivity contribution in [3.05, 3.63) is 170 Å². The van der Waals surface area contributed by atoms with Crippen molar-refractivity contribution in [3.8, 4) is 44.8 Å². The third-order valence-corrected chi connectivity index (χ3v) is 10.9. The van der Waals surface area contributed by atoms with E-state index in [0.717, 1.165) is 49.9 Å². The Morgan fingerprint density at radius 2 is 0.857 bits per heavy atom. The first-order chi connectivity index (χ1) is 24.3. The molecule has 228 valence electrons. The predicted molar refractivity (Wildman–Crippen MR) is 209 cm³/mol. The molecule has 0 aliphatic carbocycles. The molecule has 0 aliphatic heterocycles. The van der Waals surface area contributed by atoms with Crippen LogP contribution in [0.5, 0.6) is 0 Å². The van der Waals surface area contributed by atoms with Gasteiger partial charge >= 0.3 is 0 Å². The highest BCUT2D eigenvalue weighted by molar-refractivity contribution is 7.26. The number of thiophene rings is 1. The van der Waals surface area contributed by atoms with Gasteiger partial charge < -0.3 is 0 Å². The van der Waals surface area contributed by atoms with Gasteiger partial charge in [-0.3, -0.25) is 0 Å². The maximum atomic E-state index is 5.49. The molecule has 0 radical (unpaired) electrons. The molecule has 2 heterocycles. The van der Waals surface area contributed by atoms with E-state index in [1.165, 1.54) is 47.6 Å². The van der Waals surface area contributed by atoms with Crippen LogP contribution < -0.4 is 0 Å². The Morgan fingerprint density at radius 3 is 1.61 bits per heavy atom. The quantitative estimate of drug-likeness (QED) is 0.179. The lowest BCUT2D eigenvalue weighted by molar-refractivity contribution is 1.31. The van der Waals surface area contributed by atoms with Crippen LogP contribution >= 0.6 is 11.3 Å². The molecule has 10 rings (SSSR count). The van der Waals surface area contributed by atoms with Crippen LogP contribution in [0.4, 0.5) is 0 Å². The lowest BCUT2D eigenvalue weighted by Crippen LogP contribution is -1.97. The summed E-state index contributed by atoms with van der Waals surface area (Å²) >= 11 is 1.87. The largest absolute Gasteiger partial charge is 0.243 e. The van der Waals surface area contributed by atoms with Crippen molar-refractivity contribution in [2.45, 2.75) is 0 Å². The van der Waals surface area contributed by atoms with Crippen molar-refractivity contribution >= 4 is 64.1 Å². The summed E-state index contributed by atoms with van der Waals surface area (Å²) < 4.78 is 2.65. The summed E-state index contributed by atoms with van der Waals surface area (Å²) in [6.45, 7) is 0. The summed E-state index contributed by atoms with van der Waals surface area (Å²) in [5, 5.41) is 7.21. The van der Waals surface area contributed by atoms with Crippen LogP contribution in [0.15, 0.2) is 170 Å². The van der Waals surface area contributed by atoms with Crippen LogP contribution in [-0.4, -0.2) is 9.97 Å². The van der Waals surface area contributed by atoms with Gasteiger partial charge in [-0.15, -0.1) is 11.3 Å². The fourth-order valence-corrected chi connectivity index (χ4v) is 8.56. The molecule has 3 heteroatoms. The van der Waals surface area contributed by atoms with E-state index in [2.05, 4.69) is 158 Å². The van der Waals surface area contributed by atoms with E-state index in [9.17, 15) is 0 Å². The average molecular weight is 641 g/mol. The second-order valence-corrected chi connectivity index (χ2v) is 13.6. The number of rotatable bonds is 4. The number of benzene rings is 8. The van der Waals surface area contributed by atoms with Crippen LogP contribution in [0.25, 0.3) is 97.5 Å². The molecule has 0 saturated heterocycles. The van der Waals surface area contributed by atoms with Crippen molar-refractivity contribution in [2.24, 2.45) is 0 Å². The second kappa shape index (κ2) is 11.2. The number of nitrogens with zero attached hydrogens (tertiary/aromatic N) is 2. The van der Waals surface area contributed by atoms with E-state index in [0.29, 0.717) is 0 Å². The Morgan fingerprint density at radius 1 is 0.327 bits per heavy atom. The molecule has 2 nitrogen and oxygen atoms in total. The van der Waals surface area contributed by atoms with Crippen LogP contribution in [0.2, 0.25) is 0 Å². The summed E-state index contributed by atoms with van der Waals surface area (Å²) in [7, 11) is 0. The summed E-state index contributed by atoms with van der Waals surface area (Å²) in [5.74, 6) is 0. The Labute approximate surface area is 287 Å². The number of fused-ring (bicyclic) bond motifs is 9. The number of hydrogen-bond donors (Lipinski definition) is 0. The van der Waals surface area contributed by atoms with Crippen molar-refractivity contribution < 1.29 is 0 Å². The SMILES string of the molecule is c1ccc(-c2nc3c4ccccc4c4ccc(-c5cccc(-c6cccc7c6sc6ccccc67)c5)cc4c3nc2-c2ccccc2)cc1. The molecule has 0 fully saturated rings. The summed E-state index contributed by atoms with van der Waals surface area (Å²) in [4.78, 5) is 10.9. The smallest absolute Gasteiger partial charge is 0.0980 e. The highest BCUT2D eigenvalue weighted by Gasteiger charge is 2.18. The Kier molecular flexibility index (Phi) is 6.39. The first kappa shape index (κ1) is 27.9. The predicted octanol–water partition coefficient (Wildman–Crippen LogP) is 13.0. The fourth-order valence-electron chi connectivity index (χ4n) is 7.33. The summed E-state index contributed by atoms with van der Waals surface area (Å²) in [6, 6.07) is 60.6. The van der Waals surface area contributed by atoms with Crippen molar-refractivity contribution in [1.29, 1.82) is 0 Å². The second-order valence-electron chi connectivity index (χ2n) is 12.5. The minimum Gasteiger partial charge on any atom is -0.243 e. The van der Waals surface area contributed by atoms with Gasteiger partial charge in [-0.05, 0) is 51.2 Å². The van der Waals surface area contributed by atoms with Crippen molar-refractivity contribution in [1.82, 2.24) is 9.97 Å². The molecule has 0 bridgehead atoms. The van der Waals surface area contributed by atoms with E-state index in [-0.39, 0.29) is 0 Å². The molecule has 0 unspecified atom stereocenters. The molecule has 0 aliphatic rings. The van der Waals surface area contributed by atoms with Gasteiger partial charge in [0.2, 0.25) is 0 Å². The first-order valence-corrected chi connectivity index (χ1v) is 17.4. The minimum absolute atomic E-state index is 0.889. The maximum absolute atomic E-state index is 5.49. The molecule has 2 aromatic heterocycles. The monoisotopic (exact) mass is 640 g/mol. The minimum atomic E-state index is 0.889. The van der Waals surface area contributed by atoms with Crippen LogP contribution in [0.1, 0.15) is 0 Å². The molecule has 8 aromatic carbocycles. The molecule has 10 aromatic rings. The van der Waals surface area contributed by atoms with E-state index in [1.54, 1.807) is 0 Å². The molecular formula is C46H28N2S. The van der Waals surface area contributed by atoms with Gasteiger partial charge in [-0.2, -0.15) is 0 Å². The zero-order valence-electron chi connectivity index (χ0n) is 26.5. The van der Waals surface area contributed by atoms with Gasteiger partial charge in [-0.25, -0.2) is 9.97 Å². The molecule has 49 heavy (non-hydrogen) atoms. The van der Waals surface area contributed by atoms with E-state index in [4.69, 9.17) is 9.97 Å². The Balaban J connectivity index is 1.21. The Bertz CT molecular complexity index is 2870. The van der Waals surface area contributed by atoms with Gasteiger partial charge in [0.1, 0.15) is 0 Å². The van der Waals surface area contributed by atoms with Gasteiger partial charge in [0.05, 0.1) is 22.4 Å². The molecule has 0 N–H and O–H groups in total. The van der Waals surface area contributed by atoms with E-state index in [1.807, 2.05) is 23.5 Å². The third-order valence-electron chi connectivity index (χ3n) is 9.65. The van der Waals surface area contributed by atoms with Gasteiger partial charge in [-0.1, -0.05) is 152 Å². The highest BCUT2D eigenvalue weighted by Crippen LogP contribution is 2.42. The first-order valence-electron chi connectivity index (χ1n) is 16.6. The van der Waals surface area contributed by atoms with Crippen molar-refractivity contribution in [2.75, 3.05) is 0 Å². The lowest BCUT2D eigenvalue weighted by atomic mass is 9.93.